The van der Waals surface area contributed by atoms with E-state index in [1.807, 2.05) is 0 Å². The van der Waals surface area contributed by atoms with Crippen molar-refractivity contribution in [2.45, 2.75) is 25.6 Å². The summed E-state index contributed by atoms with van der Waals surface area (Å²) in [6, 6.07) is 9.88. The first kappa shape index (κ1) is 19.4. The summed E-state index contributed by atoms with van der Waals surface area (Å²) in [5.74, 6) is -0.671. The normalized spacial score (nSPS) is 19.6. The van der Waals surface area contributed by atoms with Crippen molar-refractivity contribution in [3.8, 4) is 5.75 Å². The molecule has 27 heavy (non-hydrogen) atoms. The molecule has 1 saturated heterocycles. The highest BCUT2D eigenvalue weighted by molar-refractivity contribution is 6.35. The topological polar surface area (TPSA) is 58.6 Å². The number of alkyl halides is 2. The van der Waals surface area contributed by atoms with Crippen molar-refractivity contribution in [3.05, 3.63) is 63.6 Å². The number of ether oxygens (including phenoxy) is 1. The predicted molar refractivity (Wildman–Crippen MR) is 96.0 cm³/mol. The van der Waals surface area contributed by atoms with E-state index in [9.17, 15) is 18.4 Å². The molecule has 0 aromatic heterocycles. The second-order valence-electron chi connectivity index (χ2n) is 6.06. The third kappa shape index (κ3) is 3.70. The SMILES string of the molecule is CC1(c2ccc(Cl)cc2Cl)NC(=O)N(Cc2ccccc2OC(F)F)C1=O. The smallest absolute Gasteiger partial charge is 0.387 e. The van der Waals surface area contributed by atoms with Crippen LogP contribution in [-0.2, 0) is 16.9 Å². The van der Waals surface area contributed by atoms with Gasteiger partial charge in [-0.2, -0.15) is 8.78 Å². The quantitative estimate of drug-likeness (QED) is 0.729. The Morgan fingerprint density at radius 3 is 2.56 bits per heavy atom. The molecule has 5 nitrogen and oxygen atoms in total. The molecule has 1 aliphatic heterocycles. The summed E-state index contributed by atoms with van der Waals surface area (Å²) >= 11 is 12.1. The summed E-state index contributed by atoms with van der Waals surface area (Å²) in [7, 11) is 0. The Labute approximate surface area is 163 Å². The highest BCUT2D eigenvalue weighted by Crippen LogP contribution is 2.36. The number of nitrogens with zero attached hydrogens (tertiary/aromatic N) is 1. The summed E-state index contributed by atoms with van der Waals surface area (Å²) in [5.41, 5.74) is -0.753. The van der Waals surface area contributed by atoms with Gasteiger partial charge in [-0.25, -0.2) is 4.79 Å². The summed E-state index contributed by atoms with van der Waals surface area (Å²) in [6.45, 7) is -1.73. The average Bonchev–Trinajstić information content (AvgIpc) is 2.80. The number of carbonyl (C=O) groups excluding carboxylic acids is 2. The Morgan fingerprint density at radius 1 is 1.19 bits per heavy atom. The number of para-hydroxylation sites is 1. The molecule has 1 N–H and O–H groups in total. The molecular formula is C18H14Cl2F2N2O3. The molecule has 1 atom stereocenters. The lowest BCUT2D eigenvalue weighted by atomic mass is 9.92. The average molecular weight is 415 g/mol. The van der Waals surface area contributed by atoms with Crippen LogP contribution in [-0.4, -0.2) is 23.4 Å². The minimum Gasteiger partial charge on any atom is -0.434 e. The van der Waals surface area contributed by atoms with Crippen molar-refractivity contribution in [2.75, 3.05) is 0 Å². The highest BCUT2D eigenvalue weighted by Gasteiger charge is 2.50. The molecule has 1 aliphatic rings. The van der Waals surface area contributed by atoms with Crippen molar-refractivity contribution >= 4 is 35.1 Å². The molecule has 9 heteroatoms. The number of amides is 3. The summed E-state index contributed by atoms with van der Waals surface area (Å²) in [4.78, 5) is 26.3. The highest BCUT2D eigenvalue weighted by atomic mass is 35.5. The molecule has 2 aromatic rings. The molecule has 3 amide bonds. The van der Waals surface area contributed by atoms with Crippen LogP contribution in [0.25, 0.3) is 0 Å². The van der Waals surface area contributed by atoms with Crippen LogP contribution in [0.3, 0.4) is 0 Å². The first-order chi connectivity index (χ1) is 12.7. The van der Waals surface area contributed by atoms with Gasteiger partial charge in [0.15, 0.2) is 0 Å². The van der Waals surface area contributed by atoms with E-state index in [0.717, 1.165) is 4.90 Å². The van der Waals surface area contributed by atoms with E-state index in [1.165, 1.54) is 31.2 Å². The fourth-order valence-electron chi connectivity index (χ4n) is 2.93. The lowest BCUT2D eigenvalue weighted by Gasteiger charge is -2.23. The van der Waals surface area contributed by atoms with E-state index in [0.29, 0.717) is 10.6 Å². The fourth-order valence-corrected chi connectivity index (χ4v) is 3.53. The van der Waals surface area contributed by atoms with Gasteiger partial charge in [-0.05, 0) is 25.1 Å². The van der Waals surface area contributed by atoms with Gasteiger partial charge in [0.25, 0.3) is 5.91 Å². The Kier molecular flexibility index (Phi) is 5.26. The van der Waals surface area contributed by atoms with Gasteiger partial charge in [-0.15, -0.1) is 0 Å². The number of imide groups is 1. The predicted octanol–water partition coefficient (Wildman–Crippen LogP) is 4.56. The van der Waals surface area contributed by atoms with Crippen LogP contribution < -0.4 is 10.1 Å². The zero-order valence-corrected chi connectivity index (χ0v) is 15.5. The van der Waals surface area contributed by atoms with Crippen molar-refractivity contribution in [1.29, 1.82) is 0 Å². The molecule has 1 heterocycles. The number of hydrogen-bond acceptors (Lipinski definition) is 3. The number of hydrogen-bond donors (Lipinski definition) is 1. The molecule has 1 unspecified atom stereocenters. The monoisotopic (exact) mass is 414 g/mol. The van der Waals surface area contributed by atoms with Gasteiger partial charge in [-0.3, -0.25) is 9.69 Å². The zero-order valence-electron chi connectivity index (χ0n) is 14.0. The Bertz CT molecular complexity index is 910. The molecule has 142 valence electrons. The van der Waals surface area contributed by atoms with Crippen molar-refractivity contribution in [2.24, 2.45) is 0 Å². The van der Waals surface area contributed by atoms with Crippen molar-refractivity contribution < 1.29 is 23.1 Å². The molecule has 0 spiro atoms. The van der Waals surface area contributed by atoms with Gasteiger partial charge in [0.1, 0.15) is 11.3 Å². The van der Waals surface area contributed by atoms with Crippen molar-refractivity contribution in [1.82, 2.24) is 10.2 Å². The fraction of sp³-hybridized carbons (Fsp3) is 0.222. The number of carbonyl (C=O) groups is 2. The summed E-state index contributed by atoms with van der Waals surface area (Å²) < 4.78 is 29.6. The maximum atomic E-state index is 13.0. The number of urea groups is 1. The molecule has 0 radical (unpaired) electrons. The van der Waals surface area contributed by atoms with Crippen molar-refractivity contribution in [3.63, 3.8) is 0 Å². The molecule has 0 saturated carbocycles. The number of rotatable bonds is 5. The van der Waals surface area contributed by atoms with Crippen LogP contribution in [0.2, 0.25) is 10.0 Å². The second kappa shape index (κ2) is 7.32. The van der Waals surface area contributed by atoms with E-state index in [4.69, 9.17) is 23.2 Å². The lowest BCUT2D eigenvalue weighted by molar-refractivity contribution is -0.131. The first-order valence-electron chi connectivity index (χ1n) is 7.84. The zero-order chi connectivity index (χ0) is 19.8. The molecule has 0 bridgehead atoms. The van der Waals surface area contributed by atoms with Gasteiger partial charge in [0.05, 0.1) is 6.54 Å². The molecule has 2 aromatic carbocycles. The van der Waals surface area contributed by atoms with Gasteiger partial charge < -0.3 is 10.1 Å². The van der Waals surface area contributed by atoms with E-state index >= 15 is 0 Å². The number of benzene rings is 2. The van der Waals surface area contributed by atoms with E-state index in [2.05, 4.69) is 10.1 Å². The maximum Gasteiger partial charge on any atom is 0.387 e. The molecule has 3 rings (SSSR count). The van der Waals surface area contributed by atoms with Crippen LogP contribution in [0.4, 0.5) is 13.6 Å². The Balaban J connectivity index is 1.91. The van der Waals surface area contributed by atoms with Gasteiger partial charge in [-0.1, -0.05) is 47.5 Å². The Hall–Kier alpha value is -2.38. The molecule has 0 aliphatic carbocycles. The number of halogens is 4. The van der Waals surface area contributed by atoms with Crippen LogP contribution in [0.15, 0.2) is 42.5 Å². The minimum absolute atomic E-state index is 0.105. The third-order valence-electron chi connectivity index (χ3n) is 4.26. The van der Waals surface area contributed by atoms with Crippen LogP contribution in [0.1, 0.15) is 18.1 Å². The van der Waals surface area contributed by atoms with Gasteiger partial charge >= 0.3 is 12.6 Å². The van der Waals surface area contributed by atoms with Crippen LogP contribution in [0, 0.1) is 0 Å². The third-order valence-corrected chi connectivity index (χ3v) is 4.81. The van der Waals surface area contributed by atoms with E-state index in [1.54, 1.807) is 18.2 Å². The minimum atomic E-state index is -3.02. The van der Waals surface area contributed by atoms with E-state index < -0.39 is 24.1 Å². The summed E-state index contributed by atoms with van der Waals surface area (Å²) in [5, 5.41) is 3.22. The maximum absolute atomic E-state index is 13.0. The standard InChI is InChI=1S/C18H14Cl2F2N2O3/c1-18(12-7-6-11(19)8-13(12)20)15(25)24(17(26)23-18)9-10-4-2-3-5-14(10)27-16(21)22/h2-8,16H,9H2,1H3,(H,23,26). The Morgan fingerprint density at radius 2 is 1.89 bits per heavy atom. The van der Waals surface area contributed by atoms with E-state index in [-0.39, 0.29) is 22.9 Å². The largest absolute Gasteiger partial charge is 0.434 e. The summed E-state index contributed by atoms with van der Waals surface area (Å²) in [6.07, 6.45) is 0. The molecule has 1 fully saturated rings. The molecular weight excluding hydrogens is 401 g/mol. The van der Waals surface area contributed by atoms with Crippen LogP contribution >= 0.6 is 23.2 Å². The van der Waals surface area contributed by atoms with Gasteiger partial charge in [0, 0.05) is 21.2 Å². The van der Waals surface area contributed by atoms with Gasteiger partial charge in [0.2, 0.25) is 0 Å². The number of nitrogens with one attached hydrogen (secondary N) is 1. The van der Waals surface area contributed by atoms with Crippen LogP contribution in [0.5, 0.6) is 5.75 Å². The first-order valence-corrected chi connectivity index (χ1v) is 8.60. The second-order valence-corrected chi connectivity index (χ2v) is 6.90. The lowest BCUT2D eigenvalue weighted by Crippen LogP contribution is -2.41.